The van der Waals surface area contributed by atoms with E-state index in [-0.39, 0.29) is 41.5 Å². The van der Waals surface area contributed by atoms with Gasteiger partial charge in [-0.15, -0.1) is 0 Å². The fraction of sp³-hybridized carbons (Fsp3) is 0.415. The third-order valence-electron chi connectivity index (χ3n) is 8.81. The molecule has 5 rings (SSSR count). The Morgan fingerprint density at radius 1 is 0.765 bits per heavy atom. The maximum absolute atomic E-state index is 12.5. The second-order valence-corrected chi connectivity index (χ2v) is 15.3. The standard InChI is InChI=1S/C22H28N2O3.C19H24N2O3/c1-14-19-18(13-26-22(5,6)27-19)16(11-23-14)12-24-20(25)15-7-9-17(10-8-15)21(2,3)4;1-12-17(23)16(11-22)14(9-20-12)10-21-18(24)13-5-7-15(8-6-13)19(2,3)4/h7-11H,12-13H2,1-6H3,(H,24,25);5-9,22-23H,10-11H2,1-4H3,(H,21,24). The van der Waals surface area contributed by atoms with Gasteiger partial charge in [0.05, 0.1) is 24.6 Å². The molecule has 1 aliphatic heterocycles. The fourth-order valence-corrected chi connectivity index (χ4v) is 5.45. The number of carbonyl (C=O) groups is 2. The lowest BCUT2D eigenvalue weighted by atomic mass is 9.86. The van der Waals surface area contributed by atoms with Crippen molar-refractivity contribution in [1.82, 2.24) is 20.6 Å². The van der Waals surface area contributed by atoms with Crippen molar-refractivity contribution in [2.24, 2.45) is 0 Å². The van der Waals surface area contributed by atoms with Crippen molar-refractivity contribution in [3.05, 3.63) is 117 Å². The molecule has 0 saturated heterocycles. The van der Waals surface area contributed by atoms with Gasteiger partial charge in [-0.2, -0.15) is 0 Å². The normalized spacial score (nSPS) is 13.6. The van der Waals surface area contributed by atoms with Crippen LogP contribution in [0.3, 0.4) is 0 Å². The van der Waals surface area contributed by atoms with Crippen LogP contribution in [0.2, 0.25) is 0 Å². The molecular weight excluding hydrogens is 644 g/mol. The van der Waals surface area contributed by atoms with Gasteiger partial charge >= 0.3 is 0 Å². The second kappa shape index (κ2) is 15.6. The zero-order chi connectivity index (χ0) is 37.7. The first-order chi connectivity index (χ1) is 23.8. The summed E-state index contributed by atoms with van der Waals surface area (Å²) in [5, 5.41) is 25.1. The van der Waals surface area contributed by atoms with Crippen LogP contribution in [0.15, 0.2) is 60.9 Å². The molecule has 272 valence electrons. The topological polar surface area (TPSA) is 143 Å². The van der Waals surface area contributed by atoms with E-state index in [9.17, 15) is 19.8 Å². The van der Waals surface area contributed by atoms with Gasteiger partial charge in [0.1, 0.15) is 11.5 Å². The summed E-state index contributed by atoms with van der Waals surface area (Å²) in [4.78, 5) is 33.3. The molecule has 0 spiro atoms. The Kier molecular flexibility index (Phi) is 11.9. The average Bonchev–Trinajstić information content (AvgIpc) is 3.07. The average molecular weight is 697 g/mol. The molecule has 1 aliphatic rings. The molecule has 0 unspecified atom stereocenters. The van der Waals surface area contributed by atoms with Crippen LogP contribution in [-0.4, -0.2) is 37.8 Å². The number of nitrogens with zero attached hydrogens (tertiary/aromatic N) is 2. The van der Waals surface area contributed by atoms with E-state index in [2.05, 4.69) is 62.1 Å². The molecule has 4 N–H and O–H groups in total. The molecule has 0 radical (unpaired) electrons. The second-order valence-electron chi connectivity index (χ2n) is 15.3. The minimum Gasteiger partial charge on any atom is -0.506 e. The minimum absolute atomic E-state index is 0.0289. The molecule has 51 heavy (non-hydrogen) atoms. The SMILES string of the molecule is Cc1ncc(CNC(=O)c2ccc(C(C)(C)C)cc2)c(CO)c1O.Cc1ncc(CNC(=O)c2ccc(C(C)(C)C)cc2)c2c1OC(C)(C)OC2. The van der Waals surface area contributed by atoms with Gasteiger partial charge in [-0.25, -0.2) is 0 Å². The lowest BCUT2D eigenvalue weighted by Crippen LogP contribution is -2.36. The molecule has 0 saturated carbocycles. The van der Waals surface area contributed by atoms with Crippen molar-refractivity contribution in [2.45, 2.75) is 112 Å². The van der Waals surface area contributed by atoms with Crippen LogP contribution < -0.4 is 15.4 Å². The number of aliphatic hydroxyl groups excluding tert-OH is 1. The number of aromatic hydroxyl groups is 1. The number of amides is 2. The summed E-state index contributed by atoms with van der Waals surface area (Å²) in [6, 6.07) is 15.3. The quantitative estimate of drug-likeness (QED) is 0.161. The summed E-state index contributed by atoms with van der Waals surface area (Å²) in [7, 11) is 0. The van der Waals surface area contributed by atoms with Gasteiger partial charge in [0.2, 0.25) is 5.79 Å². The van der Waals surface area contributed by atoms with Crippen molar-refractivity contribution >= 4 is 11.8 Å². The van der Waals surface area contributed by atoms with Gasteiger partial charge in [0.15, 0.2) is 0 Å². The largest absolute Gasteiger partial charge is 0.506 e. The lowest BCUT2D eigenvalue weighted by molar-refractivity contribution is -0.180. The van der Waals surface area contributed by atoms with Crippen molar-refractivity contribution in [1.29, 1.82) is 0 Å². The summed E-state index contributed by atoms with van der Waals surface area (Å²) < 4.78 is 11.7. The zero-order valence-corrected chi connectivity index (χ0v) is 31.5. The Bertz CT molecular complexity index is 1850. The Labute approximate surface area is 301 Å². The number of rotatable bonds is 7. The third-order valence-corrected chi connectivity index (χ3v) is 8.81. The molecule has 0 atom stereocenters. The molecule has 10 heteroatoms. The highest BCUT2D eigenvalue weighted by molar-refractivity contribution is 5.94. The summed E-state index contributed by atoms with van der Waals surface area (Å²) in [5.74, 6) is -0.260. The smallest absolute Gasteiger partial charge is 0.251 e. The van der Waals surface area contributed by atoms with Gasteiger partial charge in [-0.05, 0) is 71.2 Å². The molecule has 0 bridgehead atoms. The number of hydrogen-bond donors (Lipinski definition) is 4. The van der Waals surface area contributed by atoms with Crippen LogP contribution in [0, 0.1) is 13.8 Å². The molecule has 3 heterocycles. The van der Waals surface area contributed by atoms with E-state index >= 15 is 0 Å². The number of fused-ring (bicyclic) bond motifs is 1. The highest BCUT2D eigenvalue weighted by Gasteiger charge is 2.30. The van der Waals surface area contributed by atoms with Gasteiger partial charge in [-0.1, -0.05) is 65.8 Å². The zero-order valence-electron chi connectivity index (χ0n) is 31.5. The van der Waals surface area contributed by atoms with E-state index in [4.69, 9.17) is 9.47 Å². The lowest BCUT2D eigenvalue weighted by Gasteiger charge is -2.34. The van der Waals surface area contributed by atoms with Crippen LogP contribution in [0.5, 0.6) is 11.5 Å². The minimum atomic E-state index is -0.671. The first kappa shape index (κ1) is 39.0. The Balaban J connectivity index is 0.000000230. The van der Waals surface area contributed by atoms with Gasteiger partial charge in [0.25, 0.3) is 11.8 Å². The van der Waals surface area contributed by atoms with Gasteiger partial charge in [-0.3, -0.25) is 19.6 Å². The van der Waals surface area contributed by atoms with E-state index in [0.717, 1.165) is 28.1 Å². The maximum atomic E-state index is 12.5. The number of aryl methyl sites for hydroxylation is 2. The molecule has 2 aromatic carbocycles. The van der Waals surface area contributed by atoms with Crippen LogP contribution in [-0.2, 0) is 41.9 Å². The monoisotopic (exact) mass is 696 g/mol. The number of pyridine rings is 2. The number of hydrogen-bond acceptors (Lipinski definition) is 8. The van der Waals surface area contributed by atoms with Crippen LogP contribution in [0.1, 0.15) is 121 Å². The van der Waals surface area contributed by atoms with Crippen molar-refractivity contribution in [3.63, 3.8) is 0 Å². The van der Waals surface area contributed by atoms with Crippen molar-refractivity contribution < 1.29 is 29.3 Å². The fourth-order valence-electron chi connectivity index (χ4n) is 5.45. The summed E-state index contributed by atoms with van der Waals surface area (Å²) >= 11 is 0. The highest BCUT2D eigenvalue weighted by Crippen LogP contribution is 2.35. The van der Waals surface area contributed by atoms with E-state index in [1.807, 2.05) is 57.2 Å². The predicted octanol–water partition coefficient (Wildman–Crippen LogP) is 7.08. The highest BCUT2D eigenvalue weighted by atomic mass is 16.7. The first-order valence-corrected chi connectivity index (χ1v) is 17.2. The van der Waals surface area contributed by atoms with E-state index in [1.165, 1.54) is 5.56 Å². The molecule has 0 fully saturated rings. The Morgan fingerprint density at radius 3 is 1.69 bits per heavy atom. The molecule has 2 aromatic heterocycles. The van der Waals surface area contributed by atoms with Crippen LogP contribution >= 0.6 is 0 Å². The molecular formula is C41H52N4O6. The van der Waals surface area contributed by atoms with E-state index in [1.54, 1.807) is 31.5 Å². The van der Waals surface area contributed by atoms with Gasteiger partial charge in [0, 0.05) is 61.6 Å². The summed E-state index contributed by atoms with van der Waals surface area (Å²) in [6.07, 6.45) is 3.34. The van der Waals surface area contributed by atoms with Gasteiger partial charge < -0.3 is 30.3 Å². The van der Waals surface area contributed by atoms with Crippen molar-refractivity contribution in [3.8, 4) is 11.5 Å². The summed E-state index contributed by atoms with van der Waals surface area (Å²) in [5.41, 5.74) is 7.81. The predicted molar refractivity (Wildman–Crippen MR) is 198 cm³/mol. The number of aromatic nitrogens is 2. The number of benzene rings is 2. The number of ether oxygens (including phenoxy) is 2. The number of carbonyl (C=O) groups excluding carboxylic acids is 2. The third kappa shape index (κ3) is 9.92. The van der Waals surface area contributed by atoms with Crippen molar-refractivity contribution in [2.75, 3.05) is 0 Å². The first-order valence-electron chi connectivity index (χ1n) is 17.2. The Morgan fingerprint density at radius 2 is 1.22 bits per heavy atom. The van der Waals surface area contributed by atoms with E-state index < -0.39 is 5.79 Å². The molecule has 4 aromatic rings. The van der Waals surface area contributed by atoms with Crippen LogP contribution in [0.4, 0.5) is 0 Å². The number of aliphatic hydroxyl groups is 1. The molecule has 10 nitrogen and oxygen atoms in total. The molecule has 2 amide bonds. The summed E-state index contributed by atoms with van der Waals surface area (Å²) in [6.45, 7) is 20.9. The van der Waals surface area contributed by atoms with Crippen LogP contribution in [0.25, 0.3) is 0 Å². The van der Waals surface area contributed by atoms with E-state index in [0.29, 0.717) is 41.1 Å². The molecule has 0 aliphatic carbocycles. The Hall–Kier alpha value is -4.80. The number of nitrogens with one attached hydrogen (secondary N) is 2. The maximum Gasteiger partial charge on any atom is 0.251 e.